The van der Waals surface area contributed by atoms with Crippen molar-refractivity contribution in [3.63, 3.8) is 0 Å². The van der Waals surface area contributed by atoms with Gasteiger partial charge in [0.1, 0.15) is 0 Å². The van der Waals surface area contributed by atoms with E-state index >= 15 is 0 Å². The molecule has 0 aliphatic rings. The van der Waals surface area contributed by atoms with E-state index in [9.17, 15) is 25.9 Å². The molecule has 2 unspecified atom stereocenters. The minimum atomic E-state index is -4.59. The van der Waals surface area contributed by atoms with Crippen LogP contribution in [0.25, 0.3) is 0 Å². The van der Waals surface area contributed by atoms with Crippen LogP contribution in [-0.2, 0) is 29.2 Å². The molecule has 0 radical (unpaired) electrons. The molecule has 0 aromatic carbocycles. The van der Waals surface area contributed by atoms with E-state index in [1.165, 1.54) is 103 Å². The van der Waals surface area contributed by atoms with Crippen molar-refractivity contribution in [1.82, 2.24) is 0 Å². The monoisotopic (exact) mass is 762 g/mol. The Labute approximate surface area is 334 Å². The molecule has 0 bridgehead atoms. The van der Waals surface area contributed by atoms with Crippen molar-refractivity contribution < 1.29 is 34.3 Å². The van der Waals surface area contributed by atoms with Gasteiger partial charge in [0, 0.05) is 11.8 Å². The van der Waals surface area contributed by atoms with E-state index < -0.39 is 20.8 Å². The smallest absolute Gasteiger partial charge is 0.726 e. The Bertz CT molecular complexity index is 863. The molecule has 0 spiro atoms. The van der Waals surface area contributed by atoms with E-state index in [0.717, 1.165) is 64.2 Å². The number of unbranched alkanes of at least 4 members (excludes halogenated alkanes) is 20. The summed E-state index contributed by atoms with van der Waals surface area (Å²) in [6.45, 7) is 8.74. The van der Waals surface area contributed by atoms with Crippen molar-refractivity contribution in [1.29, 1.82) is 0 Å². The van der Waals surface area contributed by atoms with Gasteiger partial charge in [-0.2, -0.15) is 0 Å². The Morgan fingerprint density at radius 1 is 0.449 bits per heavy atom. The van der Waals surface area contributed by atoms with Gasteiger partial charge in [0.05, 0.1) is 13.2 Å². The normalized spacial score (nSPS) is 13.3. The van der Waals surface area contributed by atoms with Gasteiger partial charge in [0.15, 0.2) is 0 Å². The number of hydrogen-bond donors (Lipinski definition) is 0. The molecule has 0 saturated heterocycles. The fourth-order valence-electron chi connectivity index (χ4n) is 5.49. The molecule has 0 aliphatic heterocycles. The van der Waals surface area contributed by atoms with Crippen molar-refractivity contribution in [2.45, 2.75) is 195 Å². The fraction of sp³-hybridized carbons (Fsp3) is 0.895. The summed E-state index contributed by atoms with van der Waals surface area (Å²) in [4.78, 5) is 0. The standard InChI is InChI=1S/2C19H38O4S.Ca/c2*1-3-5-7-9-10-11-13-15-17-19(18-23-24(20,21)22)16-14-12-8-6-4-2;/h2*14,16,19H,3-13,15,17-18H2,1-2H3,(H,20,21,22);/q;;+2/p-2/b2*16-14+;. The van der Waals surface area contributed by atoms with E-state index in [2.05, 4.69) is 48.2 Å². The van der Waals surface area contributed by atoms with E-state index in [1.807, 2.05) is 12.2 Å². The molecule has 0 aromatic rings. The van der Waals surface area contributed by atoms with Crippen LogP contribution in [0.2, 0.25) is 0 Å². The maximum atomic E-state index is 10.7. The second kappa shape index (κ2) is 39.7. The molecule has 0 N–H and O–H groups in total. The Balaban J connectivity index is -0.000000846. The third-order valence-corrected chi connectivity index (χ3v) is 9.32. The van der Waals surface area contributed by atoms with E-state index in [1.54, 1.807) is 0 Å². The van der Waals surface area contributed by atoms with Gasteiger partial charge in [-0.25, -0.2) is 16.8 Å². The molecule has 0 rings (SSSR count). The summed E-state index contributed by atoms with van der Waals surface area (Å²) in [5, 5.41) is 0. The maximum absolute atomic E-state index is 10.7. The van der Waals surface area contributed by atoms with Gasteiger partial charge >= 0.3 is 37.7 Å². The summed E-state index contributed by atoms with van der Waals surface area (Å²) in [6.07, 6.45) is 39.1. The molecule has 2 atom stereocenters. The van der Waals surface area contributed by atoms with Gasteiger partial charge < -0.3 is 9.11 Å². The van der Waals surface area contributed by atoms with Crippen LogP contribution in [0.15, 0.2) is 24.3 Å². The first kappa shape index (κ1) is 53.8. The van der Waals surface area contributed by atoms with Crippen LogP contribution in [0.3, 0.4) is 0 Å². The summed E-state index contributed by atoms with van der Waals surface area (Å²) in [5.41, 5.74) is 0. The van der Waals surface area contributed by atoms with Crippen molar-refractivity contribution in [3.8, 4) is 0 Å². The average Bonchev–Trinajstić information content (AvgIpc) is 3.03. The van der Waals surface area contributed by atoms with E-state index in [-0.39, 0.29) is 62.8 Å². The van der Waals surface area contributed by atoms with Gasteiger partial charge in [-0.3, -0.25) is 8.37 Å². The van der Waals surface area contributed by atoms with E-state index in [0.29, 0.717) is 0 Å². The molecular formula is C38H74CaO8S2. The zero-order valence-corrected chi connectivity index (χ0v) is 35.9. The molecule has 11 heteroatoms. The Morgan fingerprint density at radius 2 is 0.714 bits per heavy atom. The van der Waals surface area contributed by atoms with Gasteiger partial charge in [-0.05, 0) is 38.5 Å². The van der Waals surface area contributed by atoms with Gasteiger partial charge in [0.2, 0.25) is 20.8 Å². The molecule has 0 aliphatic carbocycles. The molecule has 0 heterocycles. The summed E-state index contributed by atoms with van der Waals surface area (Å²) in [7, 11) is -9.18. The van der Waals surface area contributed by atoms with Gasteiger partial charge in [-0.15, -0.1) is 0 Å². The summed E-state index contributed by atoms with van der Waals surface area (Å²) in [5.74, 6) is 0.0471. The second-order valence-electron chi connectivity index (χ2n) is 13.3. The van der Waals surface area contributed by atoms with Crippen LogP contribution in [0.5, 0.6) is 0 Å². The largest absolute Gasteiger partial charge is 2.00 e. The minimum Gasteiger partial charge on any atom is -0.726 e. The van der Waals surface area contributed by atoms with Gasteiger partial charge in [0.25, 0.3) is 0 Å². The van der Waals surface area contributed by atoms with Crippen LogP contribution in [0.4, 0.5) is 0 Å². The minimum absolute atomic E-state index is 0. The third-order valence-electron chi connectivity index (χ3n) is 8.48. The molecular weight excluding hydrogens is 689 g/mol. The average molecular weight is 763 g/mol. The molecule has 0 saturated carbocycles. The second-order valence-corrected chi connectivity index (χ2v) is 15.4. The van der Waals surface area contributed by atoms with Crippen molar-refractivity contribution in [2.75, 3.05) is 13.2 Å². The molecule has 8 nitrogen and oxygen atoms in total. The van der Waals surface area contributed by atoms with Crippen LogP contribution >= 0.6 is 0 Å². The maximum Gasteiger partial charge on any atom is 2.00 e. The Morgan fingerprint density at radius 3 is 1.00 bits per heavy atom. The third kappa shape index (κ3) is 48.5. The van der Waals surface area contributed by atoms with Crippen LogP contribution < -0.4 is 0 Å². The number of allylic oxidation sites excluding steroid dienone is 2. The van der Waals surface area contributed by atoms with Gasteiger partial charge in [-0.1, -0.05) is 180 Å². The first-order valence-electron chi connectivity index (χ1n) is 19.5. The SMILES string of the molecule is CCCCC/C=C/C(CCCCCCCCCC)COS(=O)(=O)[O-].CCCCC/C=C/C(CCCCCCCCCC)COS(=O)(=O)[O-].[Ca+2]. The Hall–Kier alpha value is 0.480. The van der Waals surface area contributed by atoms with Crippen molar-refractivity contribution >= 4 is 58.5 Å². The van der Waals surface area contributed by atoms with Crippen LogP contribution in [0.1, 0.15) is 195 Å². The molecule has 288 valence electrons. The zero-order chi connectivity index (χ0) is 36.2. The quantitative estimate of drug-likeness (QED) is 0.0208. The number of rotatable bonds is 34. The summed E-state index contributed by atoms with van der Waals surface area (Å²) in [6, 6.07) is 0. The first-order chi connectivity index (χ1) is 23.0. The number of hydrogen-bond acceptors (Lipinski definition) is 8. The predicted molar refractivity (Wildman–Crippen MR) is 205 cm³/mol. The predicted octanol–water partition coefficient (Wildman–Crippen LogP) is 11.1. The fourth-order valence-corrected chi connectivity index (χ4v) is 6.18. The molecule has 0 aromatic heterocycles. The van der Waals surface area contributed by atoms with Crippen molar-refractivity contribution in [2.24, 2.45) is 11.8 Å². The zero-order valence-electron chi connectivity index (χ0n) is 32.1. The summed E-state index contributed by atoms with van der Waals surface area (Å²) >= 11 is 0. The summed E-state index contributed by atoms with van der Waals surface area (Å²) < 4.78 is 72.8. The van der Waals surface area contributed by atoms with Crippen molar-refractivity contribution in [3.05, 3.63) is 24.3 Å². The van der Waals surface area contributed by atoms with Crippen LogP contribution in [0, 0.1) is 11.8 Å². The molecule has 0 amide bonds. The molecule has 0 fully saturated rings. The first-order valence-corrected chi connectivity index (χ1v) is 22.2. The Kier molecular flexibility index (Phi) is 43.6. The van der Waals surface area contributed by atoms with E-state index in [4.69, 9.17) is 0 Å². The topological polar surface area (TPSA) is 133 Å². The molecule has 49 heavy (non-hydrogen) atoms. The van der Waals surface area contributed by atoms with Crippen LogP contribution in [-0.4, -0.2) is 76.9 Å².